The van der Waals surface area contributed by atoms with E-state index >= 15 is 0 Å². The Balaban J connectivity index is 1.76. The van der Waals surface area contributed by atoms with E-state index in [1.54, 1.807) is 48.5 Å². The first-order valence-electron chi connectivity index (χ1n) is 9.08. The average molecular weight is 475 g/mol. The quantitative estimate of drug-likeness (QED) is 0.440. The number of hydrazine groups is 1. The maximum absolute atomic E-state index is 12.8. The zero-order valence-corrected chi connectivity index (χ0v) is 18.6. The van der Waals surface area contributed by atoms with Gasteiger partial charge >= 0.3 is 5.97 Å². The number of carbonyl (C=O) groups is 3. The van der Waals surface area contributed by atoms with Gasteiger partial charge in [-0.2, -0.15) is 5.01 Å². The molecule has 0 bridgehead atoms. The summed E-state index contributed by atoms with van der Waals surface area (Å²) in [5, 5.41) is 9.76. The number of benzene rings is 2. The molecule has 1 fully saturated rings. The number of thioether (sulfide) groups is 1. The van der Waals surface area contributed by atoms with Crippen molar-refractivity contribution in [1.29, 1.82) is 0 Å². The van der Waals surface area contributed by atoms with Crippen LogP contribution in [0.5, 0.6) is 17.2 Å². The molecule has 0 atom stereocenters. The van der Waals surface area contributed by atoms with E-state index in [1.165, 1.54) is 14.2 Å². The Morgan fingerprint density at radius 3 is 2.62 bits per heavy atom. The predicted octanol–water partition coefficient (Wildman–Crippen LogP) is 2.71. The molecule has 2 aromatic carbocycles. The van der Waals surface area contributed by atoms with Crippen molar-refractivity contribution in [3.63, 3.8) is 0 Å². The van der Waals surface area contributed by atoms with Gasteiger partial charge < -0.3 is 19.3 Å². The normalized spacial score (nSPS) is 14.4. The number of nitrogens with one attached hydrogen (secondary N) is 1. The Hall–Kier alpha value is -3.57. The molecule has 166 valence electrons. The van der Waals surface area contributed by atoms with Crippen LogP contribution in [0.3, 0.4) is 0 Å². The number of carbonyl (C=O) groups excluding carboxylic acids is 2. The minimum absolute atomic E-state index is 0.172. The summed E-state index contributed by atoms with van der Waals surface area (Å²) >= 11 is 6.28. The lowest BCUT2D eigenvalue weighted by Crippen LogP contribution is -2.44. The Bertz CT molecular complexity index is 1120. The van der Waals surface area contributed by atoms with Crippen molar-refractivity contribution in [1.82, 2.24) is 10.4 Å². The van der Waals surface area contributed by atoms with Gasteiger partial charge in [-0.1, -0.05) is 23.9 Å². The van der Waals surface area contributed by atoms with Gasteiger partial charge in [-0.3, -0.25) is 15.0 Å². The van der Waals surface area contributed by atoms with Crippen molar-refractivity contribution < 1.29 is 33.7 Å². The van der Waals surface area contributed by atoms with Crippen molar-refractivity contribution >= 4 is 52.2 Å². The number of amides is 2. The number of ether oxygens (including phenoxy) is 3. The lowest BCUT2D eigenvalue weighted by molar-refractivity contribution is -0.139. The average Bonchev–Trinajstić information content (AvgIpc) is 3.05. The summed E-state index contributed by atoms with van der Waals surface area (Å²) in [6.07, 6.45) is 1.58. The van der Waals surface area contributed by atoms with Gasteiger partial charge in [0.15, 0.2) is 22.4 Å². The van der Waals surface area contributed by atoms with E-state index in [1.807, 2.05) is 0 Å². The zero-order chi connectivity index (χ0) is 23.3. The van der Waals surface area contributed by atoms with Gasteiger partial charge in [-0.15, -0.1) is 0 Å². The highest BCUT2D eigenvalue weighted by molar-refractivity contribution is 8.26. The maximum Gasteiger partial charge on any atom is 0.341 e. The molecule has 0 spiro atoms. The largest absolute Gasteiger partial charge is 0.497 e. The summed E-state index contributed by atoms with van der Waals surface area (Å²) in [4.78, 5) is 36.3. The molecule has 9 nitrogen and oxygen atoms in total. The number of nitrogens with zero attached hydrogens (tertiary/aromatic N) is 1. The number of aliphatic carboxylic acids is 1. The summed E-state index contributed by atoms with van der Waals surface area (Å²) in [6, 6.07) is 11.3. The van der Waals surface area contributed by atoms with Gasteiger partial charge in [0.1, 0.15) is 5.75 Å². The maximum atomic E-state index is 12.8. The lowest BCUT2D eigenvalue weighted by atomic mass is 10.2. The number of hydrogen-bond donors (Lipinski definition) is 2. The Labute approximate surface area is 192 Å². The molecule has 0 saturated carbocycles. The molecular weight excluding hydrogens is 456 g/mol. The first-order chi connectivity index (χ1) is 15.3. The SMILES string of the molecule is COc1cccc(C(=O)NN2C(=O)/C(=C\c3ccc(OCC(=O)O)c(OC)c3)SC2=S)c1. The molecule has 1 aliphatic heterocycles. The van der Waals surface area contributed by atoms with Crippen LogP contribution < -0.4 is 19.6 Å². The molecule has 1 aliphatic rings. The van der Waals surface area contributed by atoms with Crippen LogP contribution >= 0.6 is 24.0 Å². The number of hydrogen-bond acceptors (Lipinski definition) is 8. The second-order valence-electron chi connectivity index (χ2n) is 6.28. The molecular formula is C21H18N2O7S2. The van der Waals surface area contributed by atoms with Crippen LogP contribution in [0, 0.1) is 0 Å². The molecule has 0 radical (unpaired) electrons. The van der Waals surface area contributed by atoms with E-state index in [4.69, 9.17) is 31.5 Å². The fourth-order valence-electron chi connectivity index (χ4n) is 2.68. The lowest BCUT2D eigenvalue weighted by Gasteiger charge is -2.15. The highest BCUT2D eigenvalue weighted by atomic mass is 32.2. The van der Waals surface area contributed by atoms with Crippen LogP contribution in [-0.4, -0.2) is 53.0 Å². The smallest absolute Gasteiger partial charge is 0.341 e. The highest BCUT2D eigenvalue weighted by Crippen LogP contribution is 2.34. The standard InChI is InChI=1S/C21H18N2O7S2/c1-28-14-5-3-4-13(10-14)19(26)22-23-20(27)17(32-21(23)31)9-12-6-7-15(16(8-12)29-2)30-11-18(24)25/h3-10H,11H2,1-2H3,(H,22,26)(H,24,25)/b17-9+. The summed E-state index contributed by atoms with van der Waals surface area (Å²) in [7, 11) is 2.91. The van der Waals surface area contributed by atoms with E-state index < -0.39 is 24.4 Å². The third-order valence-electron chi connectivity index (χ3n) is 4.18. The van der Waals surface area contributed by atoms with E-state index in [0.29, 0.717) is 27.5 Å². The zero-order valence-electron chi connectivity index (χ0n) is 17.0. The number of methoxy groups -OCH3 is 2. The molecule has 2 aromatic rings. The second kappa shape index (κ2) is 10.2. The molecule has 2 N–H and O–H groups in total. The predicted molar refractivity (Wildman–Crippen MR) is 122 cm³/mol. The van der Waals surface area contributed by atoms with Crippen molar-refractivity contribution in [3.05, 3.63) is 58.5 Å². The van der Waals surface area contributed by atoms with Crippen LogP contribution in [0.1, 0.15) is 15.9 Å². The second-order valence-corrected chi connectivity index (χ2v) is 7.96. The first-order valence-corrected chi connectivity index (χ1v) is 10.3. The van der Waals surface area contributed by atoms with E-state index in [2.05, 4.69) is 5.43 Å². The molecule has 32 heavy (non-hydrogen) atoms. The number of carboxylic acids is 1. The van der Waals surface area contributed by atoms with E-state index in [0.717, 1.165) is 16.8 Å². The van der Waals surface area contributed by atoms with Crippen LogP contribution in [0.4, 0.5) is 0 Å². The van der Waals surface area contributed by atoms with Gasteiger partial charge in [-0.05, 0) is 54.2 Å². The Kier molecular flexibility index (Phi) is 7.33. The third-order valence-corrected chi connectivity index (χ3v) is 5.48. The topological polar surface area (TPSA) is 114 Å². The van der Waals surface area contributed by atoms with E-state index in [-0.39, 0.29) is 10.1 Å². The summed E-state index contributed by atoms with van der Waals surface area (Å²) in [5.74, 6) is -1.04. The van der Waals surface area contributed by atoms with Crippen molar-refractivity contribution in [2.45, 2.75) is 0 Å². The summed E-state index contributed by atoms with van der Waals surface area (Å²) in [6.45, 7) is -0.513. The monoisotopic (exact) mass is 474 g/mol. The highest BCUT2D eigenvalue weighted by Gasteiger charge is 2.34. The molecule has 1 saturated heterocycles. The van der Waals surface area contributed by atoms with Crippen LogP contribution in [0.25, 0.3) is 6.08 Å². The molecule has 2 amide bonds. The first kappa shape index (κ1) is 23.1. The molecule has 1 heterocycles. The van der Waals surface area contributed by atoms with Crippen molar-refractivity contribution in [3.8, 4) is 17.2 Å². The fraction of sp³-hybridized carbons (Fsp3) is 0.143. The molecule has 11 heteroatoms. The fourth-order valence-corrected chi connectivity index (χ4v) is 3.86. The van der Waals surface area contributed by atoms with Gasteiger partial charge in [0.25, 0.3) is 11.8 Å². The molecule has 0 unspecified atom stereocenters. The van der Waals surface area contributed by atoms with Crippen LogP contribution in [0.15, 0.2) is 47.4 Å². The number of carboxylic acid groups (broad SMARTS) is 1. The van der Waals surface area contributed by atoms with Gasteiger partial charge in [-0.25, -0.2) is 4.79 Å². The third kappa shape index (κ3) is 5.37. The van der Waals surface area contributed by atoms with Crippen LogP contribution in [0.2, 0.25) is 0 Å². The summed E-state index contributed by atoms with van der Waals surface area (Å²) in [5.41, 5.74) is 3.42. The van der Waals surface area contributed by atoms with Crippen molar-refractivity contribution in [2.75, 3.05) is 20.8 Å². The molecule has 0 aromatic heterocycles. The minimum atomic E-state index is -1.12. The Morgan fingerprint density at radius 1 is 1.16 bits per heavy atom. The number of rotatable bonds is 8. The molecule has 0 aliphatic carbocycles. The van der Waals surface area contributed by atoms with E-state index in [9.17, 15) is 14.4 Å². The van der Waals surface area contributed by atoms with Gasteiger partial charge in [0, 0.05) is 5.56 Å². The van der Waals surface area contributed by atoms with Gasteiger partial charge in [0.2, 0.25) is 0 Å². The Morgan fingerprint density at radius 2 is 1.94 bits per heavy atom. The summed E-state index contributed by atoms with van der Waals surface area (Å²) < 4.78 is 15.7. The number of thiocarbonyl (C=S) groups is 1. The van der Waals surface area contributed by atoms with Crippen LogP contribution in [-0.2, 0) is 9.59 Å². The molecule has 3 rings (SSSR count). The van der Waals surface area contributed by atoms with Gasteiger partial charge in [0.05, 0.1) is 19.1 Å². The van der Waals surface area contributed by atoms with Crippen molar-refractivity contribution in [2.24, 2.45) is 0 Å². The minimum Gasteiger partial charge on any atom is -0.497 e.